The van der Waals surface area contributed by atoms with E-state index in [2.05, 4.69) is 11.9 Å². The van der Waals surface area contributed by atoms with Crippen molar-refractivity contribution in [2.24, 2.45) is 5.92 Å². The van der Waals surface area contributed by atoms with E-state index in [1.807, 2.05) is 0 Å². The molecule has 0 heterocycles. The maximum Gasteiger partial charge on any atom is 0.0774 e. The van der Waals surface area contributed by atoms with Gasteiger partial charge in [-0.05, 0) is 38.6 Å². The van der Waals surface area contributed by atoms with Gasteiger partial charge in [-0.3, -0.25) is 0 Å². The summed E-state index contributed by atoms with van der Waals surface area (Å²) in [5, 5.41) is 10.3. The molecule has 2 saturated carbocycles. The number of likely N-dealkylation sites (N-methyl/N-ethyl adjacent to an activating group) is 1. The number of nitrogens with zero attached hydrogens (tertiary/aromatic N) is 1. The molecule has 0 saturated heterocycles. The smallest absolute Gasteiger partial charge is 0.0774 e. The Morgan fingerprint density at radius 1 is 1.13 bits per heavy atom. The van der Waals surface area contributed by atoms with Crippen LogP contribution in [0.5, 0.6) is 0 Å². The highest BCUT2D eigenvalue weighted by Crippen LogP contribution is 2.31. The van der Waals surface area contributed by atoms with Crippen LogP contribution in [0.1, 0.15) is 51.4 Å². The van der Waals surface area contributed by atoms with Crippen molar-refractivity contribution < 1.29 is 5.11 Å². The first-order valence-corrected chi connectivity index (χ1v) is 6.59. The Balaban J connectivity index is 1.73. The van der Waals surface area contributed by atoms with Gasteiger partial charge in [0.25, 0.3) is 0 Å². The first-order valence-electron chi connectivity index (χ1n) is 6.59. The second-order valence-corrected chi connectivity index (χ2v) is 5.78. The first-order chi connectivity index (χ1) is 7.18. The zero-order valence-electron chi connectivity index (χ0n) is 10.0. The minimum absolute atomic E-state index is 0.354. The summed E-state index contributed by atoms with van der Waals surface area (Å²) in [6.07, 6.45) is 10.1. The average molecular weight is 211 g/mol. The third-order valence-corrected chi connectivity index (χ3v) is 4.14. The van der Waals surface area contributed by atoms with Gasteiger partial charge in [-0.1, -0.05) is 25.7 Å². The van der Waals surface area contributed by atoms with Crippen molar-refractivity contribution in [1.29, 1.82) is 0 Å². The lowest BCUT2D eigenvalue weighted by Crippen LogP contribution is -2.40. The van der Waals surface area contributed by atoms with E-state index in [0.29, 0.717) is 0 Å². The van der Waals surface area contributed by atoms with Crippen molar-refractivity contribution in [3.05, 3.63) is 0 Å². The molecule has 2 aliphatic carbocycles. The highest BCUT2D eigenvalue weighted by molar-refractivity contribution is 4.87. The van der Waals surface area contributed by atoms with Crippen molar-refractivity contribution in [2.45, 2.75) is 57.0 Å². The van der Waals surface area contributed by atoms with E-state index in [-0.39, 0.29) is 5.60 Å². The summed E-state index contributed by atoms with van der Waals surface area (Å²) in [5.74, 6) is 0.903. The predicted molar refractivity (Wildman–Crippen MR) is 62.9 cm³/mol. The summed E-state index contributed by atoms with van der Waals surface area (Å²) in [6.45, 7) is 2.09. The van der Waals surface area contributed by atoms with E-state index in [4.69, 9.17) is 0 Å². The summed E-state index contributed by atoms with van der Waals surface area (Å²) in [7, 11) is 2.18. The lowest BCUT2D eigenvalue weighted by Gasteiger charge is -2.30. The van der Waals surface area contributed by atoms with E-state index >= 15 is 0 Å². The Kier molecular flexibility index (Phi) is 3.68. The minimum Gasteiger partial charge on any atom is -0.389 e. The van der Waals surface area contributed by atoms with Crippen LogP contribution in [0.25, 0.3) is 0 Å². The van der Waals surface area contributed by atoms with Crippen molar-refractivity contribution >= 4 is 0 Å². The van der Waals surface area contributed by atoms with Crippen LogP contribution in [0.15, 0.2) is 0 Å². The second kappa shape index (κ2) is 4.84. The number of hydrogen-bond donors (Lipinski definition) is 1. The van der Waals surface area contributed by atoms with Gasteiger partial charge in [0.15, 0.2) is 0 Å². The maximum atomic E-state index is 10.3. The molecular weight excluding hydrogens is 186 g/mol. The van der Waals surface area contributed by atoms with E-state index < -0.39 is 0 Å². The number of aliphatic hydroxyl groups is 1. The van der Waals surface area contributed by atoms with Gasteiger partial charge in [0.05, 0.1) is 5.60 Å². The van der Waals surface area contributed by atoms with Gasteiger partial charge in [0.2, 0.25) is 0 Å². The van der Waals surface area contributed by atoms with Crippen LogP contribution >= 0.6 is 0 Å². The molecule has 15 heavy (non-hydrogen) atoms. The van der Waals surface area contributed by atoms with Crippen molar-refractivity contribution in [3.63, 3.8) is 0 Å². The van der Waals surface area contributed by atoms with Crippen LogP contribution in [-0.4, -0.2) is 35.7 Å². The van der Waals surface area contributed by atoms with Gasteiger partial charge >= 0.3 is 0 Å². The SMILES string of the molecule is CN(CC1CCCC1)CC1(O)CCCC1. The lowest BCUT2D eigenvalue weighted by molar-refractivity contribution is 0.0131. The molecule has 0 unspecified atom stereocenters. The molecular formula is C13H25NO. The lowest BCUT2D eigenvalue weighted by atomic mass is 10.0. The molecule has 2 rings (SSSR count). The zero-order valence-corrected chi connectivity index (χ0v) is 10.0. The molecule has 2 nitrogen and oxygen atoms in total. The molecule has 0 aliphatic heterocycles. The Labute approximate surface area is 93.7 Å². The maximum absolute atomic E-state index is 10.3. The van der Waals surface area contributed by atoms with E-state index in [1.54, 1.807) is 0 Å². The van der Waals surface area contributed by atoms with Crippen LogP contribution in [0.2, 0.25) is 0 Å². The third kappa shape index (κ3) is 3.18. The van der Waals surface area contributed by atoms with Gasteiger partial charge in [-0.25, -0.2) is 0 Å². The zero-order chi connectivity index (χ0) is 10.7. The fourth-order valence-corrected chi connectivity index (χ4v) is 3.39. The summed E-state index contributed by atoms with van der Waals surface area (Å²) in [6, 6.07) is 0. The molecule has 88 valence electrons. The molecule has 2 aliphatic rings. The second-order valence-electron chi connectivity index (χ2n) is 5.78. The quantitative estimate of drug-likeness (QED) is 0.772. The summed E-state index contributed by atoms with van der Waals surface area (Å²) in [4.78, 5) is 2.36. The Morgan fingerprint density at radius 3 is 2.33 bits per heavy atom. The van der Waals surface area contributed by atoms with Gasteiger partial charge in [-0.2, -0.15) is 0 Å². The third-order valence-electron chi connectivity index (χ3n) is 4.14. The molecule has 0 aromatic heterocycles. The van der Waals surface area contributed by atoms with Gasteiger partial charge in [0.1, 0.15) is 0 Å². The minimum atomic E-state index is -0.354. The van der Waals surface area contributed by atoms with Crippen LogP contribution in [0.4, 0.5) is 0 Å². The van der Waals surface area contributed by atoms with E-state index in [0.717, 1.165) is 25.3 Å². The molecule has 0 aromatic carbocycles. The molecule has 0 amide bonds. The van der Waals surface area contributed by atoms with Gasteiger partial charge < -0.3 is 10.0 Å². The highest BCUT2D eigenvalue weighted by atomic mass is 16.3. The molecule has 1 N–H and O–H groups in total. The Morgan fingerprint density at radius 2 is 1.73 bits per heavy atom. The monoisotopic (exact) mass is 211 g/mol. The number of hydrogen-bond acceptors (Lipinski definition) is 2. The molecule has 0 atom stereocenters. The molecule has 0 radical (unpaired) electrons. The fraction of sp³-hybridized carbons (Fsp3) is 1.00. The van der Waals surface area contributed by atoms with Crippen molar-refractivity contribution in [2.75, 3.05) is 20.1 Å². The predicted octanol–water partition coefficient (Wildman–Crippen LogP) is 2.41. The normalized spacial score (nSPS) is 26.6. The summed E-state index contributed by atoms with van der Waals surface area (Å²) < 4.78 is 0. The van der Waals surface area contributed by atoms with E-state index in [9.17, 15) is 5.11 Å². The molecule has 0 aromatic rings. The van der Waals surface area contributed by atoms with Gasteiger partial charge in [0, 0.05) is 13.1 Å². The summed E-state index contributed by atoms with van der Waals surface area (Å²) in [5.41, 5.74) is -0.354. The van der Waals surface area contributed by atoms with E-state index in [1.165, 1.54) is 45.1 Å². The molecule has 2 heteroatoms. The fourth-order valence-electron chi connectivity index (χ4n) is 3.39. The standard InChI is InChI=1S/C13H25NO/c1-14(10-12-6-2-3-7-12)11-13(15)8-4-5-9-13/h12,15H,2-11H2,1H3. The van der Waals surface area contributed by atoms with Crippen LogP contribution in [0, 0.1) is 5.92 Å². The topological polar surface area (TPSA) is 23.5 Å². The summed E-state index contributed by atoms with van der Waals surface area (Å²) >= 11 is 0. The highest BCUT2D eigenvalue weighted by Gasteiger charge is 2.32. The van der Waals surface area contributed by atoms with Crippen molar-refractivity contribution in [1.82, 2.24) is 4.90 Å². The Bertz CT molecular complexity index is 193. The Hall–Kier alpha value is -0.0800. The molecule has 0 bridgehead atoms. The van der Waals surface area contributed by atoms with Gasteiger partial charge in [-0.15, -0.1) is 0 Å². The molecule has 0 spiro atoms. The number of rotatable bonds is 4. The molecule has 2 fully saturated rings. The average Bonchev–Trinajstić information content (AvgIpc) is 2.76. The van der Waals surface area contributed by atoms with Crippen LogP contribution in [-0.2, 0) is 0 Å². The largest absolute Gasteiger partial charge is 0.389 e. The van der Waals surface area contributed by atoms with Crippen LogP contribution in [0.3, 0.4) is 0 Å². The first kappa shape index (κ1) is 11.4. The van der Waals surface area contributed by atoms with Crippen LogP contribution < -0.4 is 0 Å². The van der Waals surface area contributed by atoms with Crippen molar-refractivity contribution in [3.8, 4) is 0 Å².